The largest absolute Gasteiger partial charge is 0.465 e. The Morgan fingerprint density at radius 3 is 2.76 bits per heavy atom. The van der Waals surface area contributed by atoms with Gasteiger partial charge < -0.3 is 15.4 Å². The summed E-state index contributed by atoms with van der Waals surface area (Å²) in [6, 6.07) is 5.23. The van der Waals surface area contributed by atoms with E-state index >= 15 is 0 Å². The molecule has 0 atom stereocenters. The van der Waals surface area contributed by atoms with Gasteiger partial charge in [0.25, 0.3) is 0 Å². The van der Waals surface area contributed by atoms with Gasteiger partial charge in [-0.2, -0.15) is 11.8 Å². The van der Waals surface area contributed by atoms with E-state index in [1.54, 1.807) is 23.9 Å². The van der Waals surface area contributed by atoms with E-state index in [-0.39, 0.29) is 5.97 Å². The Morgan fingerprint density at radius 2 is 2.24 bits per heavy atom. The lowest BCUT2D eigenvalue weighted by molar-refractivity contribution is 0.0601. The lowest BCUT2D eigenvalue weighted by atomic mass is 10.1. The van der Waals surface area contributed by atoms with E-state index in [4.69, 9.17) is 5.73 Å². The number of ether oxygens (including phenoxy) is 1. The Bertz CT molecular complexity index is 396. The number of hydrogen-bond donors (Lipinski definition) is 1. The SMILES string of the molecule is COC(=O)c1ccc(N(C)CCSC)c(N)c1. The van der Waals surface area contributed by atoms with E-state index in [2.05, 4.69) is 15.9 Å². The second-order valence-electron chi connectivity index (χ2n) is 3.68. The smallest absolute Gasteiger partial charge is 0.337 e. The zero-order valence-corrected chi connectivity index (χ0v) is 11.2. The third-order valence-corrected chi connectivity index (χ3v) is 3.08. The summed E-state index contributed by atoms with van der Waals surface area (Å²) < 4.78 is 4.65. The predicted octanol–water partition coefficient (Wildman–Crippen LogP) is 1.85. The van der Waals surface area contributed by atoms with Gasteiger partial charge in [-0.05, 0) is 24.5 Å². The highest BCUT2D eigenvalue weighted by Crippen LogP contribution is 2.23. The molecule has 5 heteroatoms. The van der Waals surface area contributed by atoms with Crippen molar-refractivity contribution in [2.45, 2.75) is 0 Å². The number of nitrogens with zero attached hydrogens (tertiary/aromatic N) is 1. The highest BCUT2D eigenvalue weighted by atomic mass is 32.2. The first-order valence-corrected chi connectivity index (χ1v) is 6.67. The molecule has 0 heterocycles. The number of carbonyl (C=O) groups excluding carboxylic acids is 1. The van der Waals surface area contributed by atoms with Gasteiger partial charge in [-0.25, -0.2) is 4.79 Å². The minimum atomic E-state index is -0.366. The number of nitrogens with two attached hydrogens (primary N) is 1. The molecule has 2 N–H and O–H groups in total. The maximum atomic E-state index is 11.3. The van der Waals surface area contributed by atoms with Crippen LogP contribution in [0.1, 0.15) is 10.4 Å². The molecule has 0 spiro atoms. The summed E-state index contributed by atoms with van der Waals surface area (Å²) in [5, 5.41) is 0. The quantitative estimate of drug-likeness (QED) is 0.642. The molecule has 4 nitrogen and oxygen atoms in total. The van der Waals surface area contributed by atoms with Crippen LogP contribution in [0.25, 0.3) is 0 Å². The van der Waals surface area contributed by atoms with Crippen molar-refractivity contribution in [1.29, 1.82) is 0 Å². The molecule has 1 aromatic rings. The standard InChI is InChI=1S/C12H18N2O2S/c1-14(6-7-17-3)11-5-4-9(8-10(11)13)12(15)16-2/h4-5,8H,6-7,13H2,1-3H3. The lowest BCUT2D eigenvalue weighted by Crippen LogP contribution is -2.21. The molecule has 0 bridgehead atoms. The van der Waals surface area contributed by atoms with Crippen LogP contribution in [0.5, 0.6) is 0 Å². The fraction of sp³-hybridized carbons (Fsp3) is 0.417. The van der Waals surface area contributed by atoms with E-state index in [9.17, 15) is 4.79 Å². The minimum Gasteiger partial charge on any atom is -0.465 e. The third kappa shape index (κ3) is 3.56. The summed E-state index contributed by atoms with van der Waals surface area (Å²) in [7, 11) is 3.34. The van der Waals surface area contributed by atoms with Crippen LogP contribution in [-0.4, -0.2) is 38.7 Å². The number of nitrogen functional groups attached to an aromatic ring is 1. The highest BCUT2D eigenvalue weighted by molar-refractivity contribution is 7.98. The molecule has 0 amide bonds. The van der Waals surface area contributed by atoms with Crippen molar-refractivity contribution in [2.75, 3.05) is 43.3 Å². The third-order valence-electron chi connectivity index (χ3n) is 2.49. The molecule has 0 aromatic heterocycles. The average molecular weight is 254 g/mol. The topological polar surface area (TPSA) is 55.6 Å². The molecule has 1 aromatic carbocycles. The van der Waals surface area contributed by atoms with Crippen LogP contribution < -0.4 is 10.6 Å². The van der Waals surface area contributed by atoms with Crippen molar-refractivity contribution in [1.82, 2.24) is 0 Å². The molecule has 0 saturated carbocycles. The number of rotatable bonds is 5. The number of anilines is 2. The van der Waals surface area contributed by atoms with Gasteiger partial charge in [0.05, 0.1) is 24.0 Å². The Balaban J connectivity index is 2.85. The fourth-order valence-corrected chi connectivity index (χ4v) is 1.95. The summed E-state index contributed by atoms with van der Waals surface area (Å²) in [4.78, 5) is 13.4. The van der Waals surface area contributed by atoms with Gasteiger partial charge in [-0.15, -0.1) is 0 Å². The van der Waals surface area contributed by atoms with Gasteiger partial charge in [0, 0.05) is 19.3 Å². The fourth-order valence-electron chi connectivity index (χ4n) is 1.50. The summed E-state index contributed by atoms with van der Waals surface area (Å²) in [6.07, 6.45) is 2.07. The first kappa shape index (κ1) is 13.7. The van der Waals surface area contributed by atoms with Crippen molar-refractivity contribution in [3.63, 3.8) is 0 Å². The molecule has 0 radical (unpaired) electrons. The molecule has 0 aliphatic rings. The van der Waals surface area contributed by atoms with E-state index < -0.39 is 0 Å². The van der Waals surface area contributed by atoms with E-state index in [1.165, 1.54) is 7.11 Å². The van der Waals surface area contributed by atoms with E-state index in [1.807, 2.05) is 13.1 Å². The maximum absolute atomic E-state index is 11.3. The van der Waals surface area contributed by atoms with Gasteiger partial charge in [0.15, 0.2) is 0 Å². The van der Waals surface area contributed by atoms with Gasteiger partial charge >= 0.3 is 5.97 Å². The van der Waals surface area contributed by atoms with Gasteiger partial charge in [-0.1, -0.05) is 0 Å². The number of thioether (sulfide) groups is 1. The summed E-state index contributed by atoms with van der Waals surface area (Å²) >= 11 is 1.79. The van der Waals surface area contributed by atoms with Crippen LogP contribution in [0.4, 0.5) is 11.4 Å². The van der Waals surface area contributed by atoms with Crippen LogP contribution in [-0.2, 0) is 4.74 Å². The number of carbonyl (C=O) groups is 1. The molecule has 94 valence electrons. The van der Waals surface area contributed by atoms with Crippen LogP contribution in [0.2, 0.25) is 0 Å². The second kappa shape index (κ2) is 6.39. The van der Waals surface area contributed by atoms with Crippen molar-refractivity contribution >= 4 is 29.1 Å². The van der Waals surface area contributed by atoms with Gasteiger partial charge in [0.2, 0.25) is 0 Å². The summed E-state index contributed by atoms with van der Waals surface area (Å²) in [5.41, 5.74) is 7.94. The molecule has 0 aliphatic heterocycles. The number of benzene rings is 1. The first-order valence-electron chi connectivity index (χ1n) is 5.28. The minimum absolute atomic E-state index is 0.366. The van der Waals surface area contributed by atoms with Crippen LogP contribution in [0.15, 0.2) is 18.2 Å². The monoisotopic (exact) mass is 254 g/mol. The molecule has 1 rings (SSSR count). The van der Waals surface area contributed by atoms with Crippen LogP contribution >= 0.6 is 11.8 Å². The van der Waals surface area contributed by atoms with E-state index in [0.29, 0.717) is 11.3 Å². The van der Waals surface area contributed by atoms with Gasteiger partial charge in [-0.3, -0.25) is 0 Å². The summed E-state index contributed by atoms with van der Waals surface area (Å²) in [6.45, 7) is 0.920. The molecular formula is C12H18N2O2S. The Labute approximate surface area is 106 Å². The Hall–Kier alpha value is -1.36. The molecule has 0 fully saturated rings. The van der Waals surface area contributed by atoms with E-state index in [0.717, 1.165) is 18.0 Å². The zero-order chi connectivity index (χ0) is 12.8. The normalized spacial score (nSPS) is 10.1. The van der Waals surface area contributed by atoms with Crippen molar-refractivity contribution < 1.29 is 9.53 Å². The predicted molar refractivity (Wildman–Crippen MR) is 73.8 cm³/mol. The number of esters is 1. The van der Waals surface area contributed by atoms with Crippen molar-refractivity contribution in [2.24, 2.45) is 0 Å². The number of hydrogen-bond acceptors (Lipinski definition) is 5. The highest BCUT2D eigenvalue weighted by Gasteiger charge is 2.10. The molecule has 0 unspecified atom stereocenters. The average Bonchev–Trinajstić information content (AvgIpc) is 2.34. The van der Waals surface area contributed by atoms with Crippen molar-refractivity contribution in [3.05, 3.63) is 23.8 Å². The van der Waals surface area contributed by atoms with Crippen LogP contribution in [0, 0.1) is 0 Å². The molecule has 17 heavy (non-hydrogen) atoms. The Morgan fingerprint density at radius 1 is 1.53 bits per heavy atom. The molecule has 0 saturated heterocycles. The molecule has 0 aliphatic carbocycles. The van der Waals surface area contributed by atoms with Crippen LogP contribution in [0.3, 0.4) is 0 Å². The van der Waals surface area contributed by atoms with Gasteiger partial charge in [0.1, 0.15) is 0 Å². The summed E-state index contributed by atoms with van der Waals surface area (Å²) in [5.74, 6) is 0.671. The zero-order valence-electron chi connectivity index (χ0n) is 10.4. The Kier molecular flexibility index (Phi) is 5.15. The second-order valence-corrected chi connectivity index (χ2v) is 4.67. The van der Waals surface area contributed by atoms with Crippen molar-refractivity contribution in [3.8, 4) is 0 Å². The number of methoxy groups -OCH3 is 1. The lowest BCUT2D eigenvalue weighted by Gasteiger charge is -2.20. The first-order chi connectivity index (χ1) is 8.10. The molecular weight excluding hydrogens is 236 g/mol. The maximum Gasteiger partial charge on any atom is 0.337 e.